The maximum absolute atomic E-state index is 12.7. The van der Waals surface area contributed by atoms with Gasteiger partial charge >= 0.3 is 0 Å². The van der Waals surface area contributed by atoms with Crippen LogP contribution in [0.4, 0.5) is 0 Å². The van der Waals surface area contributed by atoms with Gasteiger partial charge in [0.25, 0.3) is 0 Å². The van der Waals surface area contributed by atoms with Crippen molar-refractivity contribution in [3.63, 3.8) is 0 Å². The zero-order valence-electron chi connectivity index (χ0n) is 14.5. The fraction of sp³-hybridized carbons (Fsp3) is 0.600. The molecule has 0 radical (unpaired) electrons. The molecule has 2 aliphatic rings. The minimum absolute atomic E-state index is 0.0503. The summed E-state index contributed by atoms with van der Waals surface area (Å²) in [5.74, 6) is 0.0840. The third kappa shape index (κ3) is 3.97. The monoisotopic (exact) mass is 328 g/mol. The van der Waals surface area contributed by atoms with Crippen molar-refractivity contribution >= 4 is 11.8 Å². The number of nitrogens with one attached hydrogen (secondary N) is 1. The van der Waals surface area contributed by atoms with E-state index >= 15 is 0 Å². The Morgan fingerprint density at radius 2 is 1.96 bits per heavy atom. The second kappa shape index (κ2) is 7.82. The Bertz CT molecular complexity index is 572. The fourth-order valence-electron chi connectivity index (χ4n) is 3.79. The Kier molecular flexibility index (Phi) is 5.54. The molecule has 4 nitrogen and oxygen atoms in total. The Hall–Kier alpha value is -1.84. The number of carbonyl (C=O) groups excluding carboxylic acids is 2. The quantitative estimate of drug-likeness (QED) is 0.873. The van der Waals surface area contributed by atoms with Gasteiger partial charge in [-0.25, -0.2) is 0 Å². The van der Waals surface area contributed by atoms with Crippen molar-refractivity contribution in [1.82, 2.24) is 10.2 Å². The smallest absolute Gasteiger partial charge is 0.226 e. The predicted octanol–water partition coefficient (Wildman–Crippen LogP) is 2.77. The van der Waals surface area contributed by atoms with Crippen LogP contribution in [0.1, 0.15) is 44.6 Å². The third-order valence-corrected chi connectivity index (χ3v) is 5.38. The minimum atomic E-state index is -0.104. The zero-order chi connectivity index (χ0) is 16.9. The molecule has 2 fully saturated rings. The normalized spacial score (nSPS) is 26.0. The van der Waals surface area contributed by atoms with E-state index in [1.165, 1.54) is 12.0 Å². The van der Waals surface area contributed by atoms with E-state index in [9.17, 15) is 9.59 Å². The molecule has 0 aromatic heterocycles. The highest BCUT2D eigenvalue weighted by atomic mass is 16.2. The van der Waals surface area contributed by atoms with E-state index in [4.69, 9.17) is 0 Å². The van der Waals surface area contributed by atoms with Crippen molar-refractivity contribution < 1.29 is 9.59 Å². The SMILES string of the molecule is CCC1CCCCN1C(=O)C1CC1C(=O)NCCc1ccccc1. The van der Waals surface area contributed by atoms with Gasteiger partial charge in [0.15, 0.2) is 0 Å². The van der Waals surface area contributed by atoms with Crippen LogP contribution in [0.2, 0.25) is 0 Å². The van der Waals surface area contributed by atoms with Gasteiger partial charge in [-0.3, -0.25) is 9.59 Å². The molecule has 1 heterocycles. The summed E-state index contributed by atoms with van der Waals surface area (Å²) in [5, 5.41) is 3.00. The molecule has 2 amide bonds. The van der Waals surface area contributed by atoms with Crippen molar-refractivity contribution in [2.75, 3.05) is 13.1 Å². The maximum atomic E-state index is 12.7. The average molecular weight is 328 g/mol. The van der Waals surface area contributed by atoms with Gasteiger partial charge in [-0.2, -0.15) is 0 Å². The second-order valence-electron chi connectivity index (χ2n) is 7.06. The van der Waals surface area contributed by atoms with E-state index in [-0.39, 0.29) is 23.7 Å². The topological polar surface area (TPSA) is 49.4 Å². The first-order valence-corrected chi connectivity index (χ1v) is 9.32. The second-order valence-corrected chi connectivity index (χ2v) is 7.06. The van der Waals surface area contributed by atoms with Gasteiger partial charge in [0.1, 0.15) is 0 Å². The number of benzene rings is 1. The number of rotatable bonds is 6. The van der Waals surface area contributed by atoms with Crippen LogP contribution >= 0.6 is 0 Å². The van der Waals surface area contributed by atoms with Gasteiger partial charge in [-0.15, -0.1) is 0 Å². The molecule has 3 atom stereocenters. The number of amides is 2. The zero-order valence-corrected chi connectivity index (χ0v) is 14.5. The van der Waals surface area contributed by atoms with Crippen LogP contribution in [-0.4, -0.2) is 35.8 Å². The lowest BCUT2D eigenvalue weighted by Gasteiger charge is -2.35. The van der Waals surface area contributed by atoms with Gasteiger partial charge in [-0.05, 0) is 44.1 Å². The van der Waals surface area contributed by atoms with E-state index in [2.05, 4.69) is 24.4 Å². The minimum Gasteiger partial charge on any atom is -0.356 e. The summed E-state index contributed by atoms with van der Waals surface area (Å²) in [6.45, 7) is 3.66. The first-order valence-electron chi connectivity index (χ1n) is 9.32. The first-order chi connectivity index (χ1) is 11.7. The van der Waals surface area contributed by atoms with Crippen LogP contribution in [0.5, 0.6) is 0 Å². The van der Waals surface area contributed by atoms with Crippen molar-refractivity contribution in [1.29, 1.82) is 0 Å². The largest absolute Gasteiger partial charge is 0.356 e. The molecule has 1 N–H and O–H groups in total. The Morgan fingerprint density at radius 1 is 1.17 bits per heavy atom. The Labute approximate surface area is 144 Å². The molecule has 24 heavy (non-hydrogen) atoms. The van der Waals surface area contributed by atoms with E-state index < -0.39 is 0 Å². The van der Waals surface area contributed by atoms with Crippen molar-refractivity contribution in [3.8, 4) is 0 Å². The number of carbonyl (C=O) groups is 2. The summed E-state index contributed by atoms with van der Waals surface area (Å²) in [7, 11) is 0. The number of piperidine rings is 1. The van der Waals surface area contributed by atoms with Crippen LogP contribution in [-0.2, 0) is 16.0 Å². The highest BCUT2D eigenvalue weighted by Gasteiger charge is 2.50. The van der Waals surface area contributed by atoms with Gasteiger partial charge < -0.3 is 10.2 Å². The standard InChI is InChI=1S/C20H28N2O2/c1-2-16-10-6-7-13-22(16)20(24)18-14-17(18)19(23)21-12-11-15-8-4-3-5-9-15/h3-5,8-9,16-18H,2,6-7,10-14H2,1H3,(H,21,23). The predicted molar refractivity (Wildman–Crippen MR) is 94.4 cm³/mol. The molecular weight excluding hydrogens is 300 g/mol. The molecule has 3 rings (SSSR count). The van der Waals surface area contributed by atoms with Crippen LogP contribution < -0.4 is 5.32 Å². The maximum Gasteiger partial charge on any atom is 0.226 e. The molecule has 1 aliphatic carbocycles. The van der Waals surface area contributed by atoms with E-state index in [0.29, 0.717) is 12.6 Å². The average Bonchev–Trinajstić information content (AvgIpc) is 3.43. The van der Waals surface area contributed by atoms with Crippen LogP contribution in [0.15, 0.2) is 30.3 Å². The highest BCUT2D eigenvalue weighted by molar-refractivity contribution is 5.92. The van der Waals surface area contributed by atoms with Crippen LogP contribution in [0.25, 0.3) is 0 Å². The summed E-state index contributed by atoms with van der Waals surface area (Å²) in [6, 6.07) is 10.5. The van der Waals surface area contributed by atoms with E-state index in [1.807, 2.05) is 23.1 Å². The molecule has 1 aliphatic heterocycles. The van der Waals surface area contributed by atoms with Crippen molar-refractivity contribution in [3.05, 3.63) is 35.9 Å². The molecule has 1 aromatic carbocycles. The van der Waals surface area contributed by atoms with Gasteiger partial charge in [0, 0.05) is 19.1 Å². The molecule has 130 valence electrons. The van der Waals surface area contributed by atoms with Crippen LogP contribution in [0, 0.1) is 11.8 Å². The molecule has 1 saturated carbocycles. The molecule has 1 aromatic rings. The first kappa shape index (κ1) is 17.0. The Balaban J connectivity index is 1.44. The Morgan fingerprint density at radius 3 is 2.71 bits per heavy atom. The number of hydrogen-bond donors (Lipinski definition) is 1. The third-order valence-electron chi connectivity index (χ3n) is 5.38. The molecule has 1 saturated heterocycles. The van der Waals surface area contributed by atoms with Gasteiger partial charge in [0.05, 0.1) is 11.8 Å². The van der Waals surface area contributed by atoms with Crippen LogP contribution in [0.3, 0.4) is 0 Å². The lowest BCUT2D eigenvalue weighted by Crippen LogP contribution is -2.44. The summed E-state index contributed by atoms with van der Waals surface area (Å²) >= 11 is 0. The number of nitrogens with zero attached hydrogens (tertiary/aromatic N) is 1. The summed E-state index contributed by atoms with van der Waals surface area (Å²) < 4.78 is 0. The van der Waals surface area contributed by atoms with Gasteiger partial charge in [0.2, 0.25) is 11.8 Å². The highest BCUT2D eigenvalue weighted by Crippen LogP contribution is 2.41. The number of likely N-dealkylation sites (tertiary alicyclic amines) is 1. The lowest BCUT2D eigenvalue weighted by atomic mass is 9.99. The van der Waals surface area contributed by atoms with Gasteiger partial charge in [-0.1, -0.05) is 37.3 Å². The summed E-state index contributed by atoms with van der Waals surface area (Å²) in [4.78, 5) is 27.0. The van der Waals surface area contributed by atoms with E-state index in [1.54, 1.807) is 0 Å². The molecule has 0 bridgehead atoms. The summed E-state index contributed by atoms with van der Waals surface area (Å²) in [5.41, 5.74) is 1.22. The molecule has 4 heteroatoms. The molecule has 3 unspecified atom stereocenters. The molecule has 0 spiro atoms. The fourth-order valence-corrected chi connectivity index (χ4v) is 3.79. The van der Waals surface area contributed by atoms with Crippen molar-refractivity contribution in [2.45, 2.75) is 51.5 Å². The number of hydrogen-bond acceptors (Lipinski definition) is 2. The molecular formula is C20H28N2O2. The summed E-state index contributed by atoms with van der Waals surface area (Å²) in [6.07, 6.45) is 6.01. The van der Waals surface area contributed by atoms with Crippen molar-refractivity contribution in [2.24, 2.45) is 11.8 Å². The lowest BCUT2D eigenvalue weighted by molar-refractivity contribution is -0.138. The van der Waals surface area contributed by atoms with E-state index in [0.717, 1.165) is 38.6 Å².